The minimum absolute atomic E-state index is 0.117. The highest BCUT2D eigenvalue weighted by atomic mass is 19.1. The van der Waals surface area contributed by atoms with Crippen LogP contribution in [-0.2, 0) is 0 Å². The number of nitrogens with zero attached hydrogens (tertiary/aromatic N) is 1. The Bertz CT molecular complexity index is 830. The average Bonchev–Trinajstić information content (AvgIpc) is 2.46. The molecule has 0 aliphatic rings. The third kappa shape index (κ3) is 4.43. The molecule has 0 radical (unpaired) electrons. The first-order valence-corrected chi connectivity index (χ1v) is 7.35. The number of nitrogens with one attached hydrogen (secondary N) is 1. The zero-order valence-electron chi connectivity index (χ0n) is 13.9. The molecular weight excluding hydrogens is 331 g/mol. The van der Waals surface area contributed by atoms with Gasteiger partial charge in [-0.1, -0.05) is 18.2 Å². The van der Waals surface area contributed by atoms with E-state index in [1.165, 1.54) is 24.3 Å². The third-order valence-electron chi connectivity index (χ3n) is 3.12. The van der Waals surface area contributed by atoms with Crippen molar-refractivity contribution in [3.63, 3.8) is 0 Å². The number of carbonyl (C=O) groups is 1. The summed E-state index contributed by atoms with van der Waals surface area (Å²) in [6.07, 6.45) is -1.46. The van der Waals surface area contributed by atoms with Crippen LogP contribution in [0.15, 0.2) is 36.4 Å². The topological polar surface area (TPSA) is 102 Å². The molecule has 0 saturated carbocycles. The second-order valence-corrected chi connectivity index (χ2v) is 6.25. The first-order chi connectivity index (χ1) is 11.6. The van der Waals surface area contributed by atoms with Gasteiger partial charge in [0.05, 0.1) is 4.92 Å². The lowest BCUT2D eigenvalue weighted by atomic mass is 10.0. The molecule has 7 nitrogen and oxygen atoms in total. The Morgan fingerprint density at radius 3 is 2.40 bits per heavy atom. The lowest BCUT2D eigenvalue weighted by Crippen LogP contribution is -2.23. The second-order valence-electron chi connectivity index (χ2n) is 6.25. The van der Waals surface area contributed by atoms with Crippen LogP contribution in [0.3, 0.4) is 0 Å². The molecule has 2 rings (SSSR count). The van der Waals surface area contributed by atoms with E-state index in [1.807, 2.05) is 5.32 Å². The second kappa shape index (κ2) is 6.76. The molecule has 0 heterocycles. The van der Waals surface area contributed by atoms with E-state index >= 15 is 0 Å². The Hall–Kier alpha value is -3.16. The first kappa shape index (κ1) is 18.2. The third-order valence-corrected chi connectivity index (χ3v) is 3.12. The van der Waals surface area contributed by atoms with Crippen molar-refractivity contribution in [2.24, 2.45) is 0 Å². The summed E-state index contributed by atoms with van der Waals surface area (Å²) in [6, 6.07) is 8.08. The van der Waals surface area contributed by atoms with Gasteiger partial charge in [-0.25, -0.2) is 9.18 Å². The van der Waals surface area contributed by atoms with Crippen LogP contribution in [0.1, 0.15) is 20.8 Å². The van der Waals surface area contributed by atoms with Gasteiger partial charge in [0.2, 0.25) is 0 Å². The molecule has 0 spiro atoms. The van der Waals surface area contributed by atoms with Crippen molar-refractivity contribution >= 4 is 17.5 Å². The van der Waals surface area contributed by atoms with E-state index in [9.17, 15) is 19.3 Å². The first-order valence-electron chi connectivity index (χ1n) is 7.35. The van der Waals surface area contributed by atoms with E-state index < -0.39 is 28.1 Å². The van der Waals surface area contributed by atoms with E-state index in [0.29, 0.717) is 0 Å². The van der Waals surface area contributed by atoms with Gasteiger partial charge in [0.15, 0.2) is 0 Å². The molecule has 0 fully saturated rings. The SMILES string of the molecule is CC(C)(C)Oc1cc(NC(=O)O)c([N+](=O)[O-])cc1-c1ccccc1F. The van der Waals surface area contributed by atoms with Crippen LogP contribution in [0.4, 0.5) is 20.6 Å². The van der Waals surface area contributed by atoms with Crippen molar-refractivity contribution in [1.82, 2.24) is 0 Å². The Morgan fingerprint density at radius 1 is 1.24 bits per heavy atom. The zero-order chi connectivity index (χ0) is 18.8. The van der Waals surface area contributed by atoms with Crippen LogP contribution in [0, 0.1) is 15.9 Å². The van der Waals surface area contributed by atoms with Crippen LogP contribution in [0.2, 0.25) is 0 Å². The summed E-state index contributed by atoms with van der Waals surface area (Å²) in [7, 11) is 0. The number of hydrogen-bond acceptors (Lipinski definition) is 4. The number of halogens is 1. The number of nitro benzene ring substituents is 1. The highest BCUT2D eigenvalue weighted by Crippen LogP contribution is 2.41. The van der Waals surface area contributed by atoms with Gasteiger partial charge in [-0.05, 0) is 26.8 Å². The Balaban J connectivity index is 2.75. The summed E-state index contributed by atoms with van der Waals surface area (Å²) in [4.78, 5) is 21.5. The molecular formula is C17H17FN2O5. The van der Waals surface area contributed by atoms with E-state index in [0.717, 1.165) is 6.07 Å². The molecule has 0 saturated heterocycles. The Labute approximate surface area is 143 Å². The molecule has 0 aliphatic carbocycles. The van der Waals surface area contributed by atoms with Crippen molar-refractivity contribution in [3.05, 3.63) is 52.3 Å². The van der Waals surface area contributed by atoms with Gasteiger partial charge >= 0.3 is 6.09 Å². The van der Waals surface area contributed by atoms with Crippen LogP contribution < -0.4 is 10.1 Å². The van der Waals surface area contributed by atoms with E-state index in [1.54, 1.807) is 26.8 Å². The number of benzene rings is 2. The summed E-state index contributed by atoms with van der Waals surface area (Å²) in [5.41, 5.74) is -1.16. The molecule has 25 heavy (non-hydrogen) atoms. The predicted octanol–water partition coefficient (Wildman–Crippen LogP) is 4.67. The van der Waals surface area contributed by atoms with Gasteiger partial charge in [0.1, 0.15) is 22.9 Å². The maximum atomic E-state index is 14.2. The van der Waals surface area contributed by atoms with Crippen molar-refractivity contribution in [2.45, 2.75) is 26.4 Å². The molecule has 0 aliphatic heterocycles. The smallest absolute Gasteiger partial charge is 0.409 e. The quantitative estimate of drug-likeness (QED) is 0.617. The highest BCUT2D eigenvalue weighted by molar-refractivity contribution is 5.89. The fourth-order valence-electron chi connectivity index (χ4n) is 2.24. The van der Waals surface area contributed by atoms with Crippen LogP contribution >= 0.6 is 0 Å². The molecule has 1 amide bonds. The maximum absolute atomic E-state index is 14.2. The molecule has 8 heteroatoms. The van der Waals surface area contributed by atoms with Crippen molar-refractivity contribution in [1.29, 1.82) is 0 Å². The molecule has 0 bridgehead atoms. The Morgan fingerprint density at radius 2 is 1.88 bits per heavy atom. The summed E-state index contributed by atoms with van der Waals surface area (Å²) in [5, 5.41) is 22.2. The van der Waals surface area contributed by atoms with E-state index in [-0.39, 0.29) is 22.6 Å². The fourth-order valence-corrected chi connectivity index (χ4v) is 2.24. The van der Waals surface area contributed by atoms with Gasteiger partial charge in [-0.2, -0.15) is 0 Å². The van der Waals surface area contributed by atoms with Gasteiger partial charge < -0.3 is 9.84 Å². The zero-order valence-corrected chi connectivity index (χ0v) is 13.9. The largest absolute Gasteiger partial charge is 0.487 e. The molecule has 132 valence electrons. The monoisotopic (exact) mass is 348 g/mol. The number of carboxylic acid groups (broad SMARTS) is 1. The number of hydrogen-bond donors (Lipinski definition) is 2. The van der Waals surface area contributed by atoms with Gasteiger partial charge in [0, 0.05) is 23.3 Å². The van der Waals surface area contributed by atoms with Crippen LogP contribution in [0.5, 0.6) is 5.75 Å². The molecule has 0 atom stereocenters. The predicted molar refractivity (Wildman–Crippen MR) is 90.5 cm³/mol. The maximum Gasteiger partial charge on any atom is 0.409 e. The summed E-state index contributed by atoms with van der Waals surface area (Å²) in [5.74, 6) is -0.443. The lowest BCUT2D eigenvalue weighted by molar-refractivity contribution is -0.383. The number of amides is 1. The number of nitro groups is 1. The van der Waals surface area contributed by atoms with Crippen molar-refractivity contribution in [3.8, 4) is 16.9 Å². The fraction of sp³-hybridized carbons (Fsp3) is 0.235. The Kier molecular flexibility index (Phi) is 4.92. The van der Waals surface area contributed by atoms with E-state index in [4.69, 9.17) is 9.84 Å². The average molecular weight is 348 g/mol. The summed E-state index contributed by atoms with van der Waals surface area (Å²) < 4.78 is 20.0. The lowest BCUT2D eigenvalue weighted by Gasteiger charge is -2.24. The summed E-state index contributed by atoms with van der Waals surface area (Å²) in [6.45, 7) is 5.26. The summed E-state index contributed by atoms with van der Waals surface area (Å²) >= 11 is 0. The minimum atomic E-state index is -1.46. The van der Waals surface area contributed by atoms with Crippen LogP contribution in [0.25, 0.3) is 11.1 Å². The minimum Gasteiger partial charge on any atom is -0.487 e. The number of anilines is 1. The van der Waals surface area contributed by atoms with Gasteiger partial charge in [-0.15, -0.1) is 0 Å². The number of rotatable bonds is 4. The molecule has 0 unspecified atom stereocenters. The van der Waals surface area contributed by atoms with Crippen molar-refractivity contribution < 1.29 is 24.0 Å². The van der Waals surface area contributed by atoms with Crippen molar-refractivity contribution in [2.75, 3.05) is 5.32 Å². The standard InChI is InChI=1S/C17H17FN2O5/c1-17(2,3)25-15-9-13(19-16(21)22)14(20(23)24)8-11(15)10-6-4-5-7-12(10)18/h4-9,19H,1-3H3,(H,21,22). The number of ether oxygens (including phenoxy) is 1. The van der Waals surface area contributed by atoms with Crippen LogP contribution in [-0.4, -0.2) is 21.7 Å². The highest BCUT2D eigenvalue weighted by Gasteiger charge is 2.25. The van der Waals surface area contributed by atoms with E-state index in [2.05, 4.69) is 0 Å². The van der Waals surface area contributed by atoms with Gasteiger partial charge in [-0.3, -0.25) is 15.4 Å². The normalized spacial score (nSPS) is 11.0. The molecule has 2 N–H and O–H groups in total. The molecule has 0 aromatic heterocycles. The molecule has 2 aromatic rings. The molecule has 2 aromatic carbocycles. The van der Waals surface area contributed by atoms with Gasteiger partial charge in [0.25, 0.3) is 5.69 Å².